The number of nitrogens with zero attached hydrogens (tertiary/aromatic N) is 2. The van der Waals surface area contributed by atoms with E-state index in [1.54, 1.807) is 17.7 Å². The molecule has 0 radical (unpaired) electrons. The average Bonchev–Trinajstić information content (AvgIpc) is 2.67. The summed E-state index contributed by atoms with van der Waals surface area (Å²) < 4.78 is 39.5. The Morgan fingerprint density at radius 3 is 2.60 bits per heavy atom. The van der Waals surface area contributed by atoms with Gasteiger partial charge in [-0.25, -0.2) is 12.8 Å². The summed E-state index contributed by atoms with van der Waals surface area (Å²) in [6.07, 6.45) is 0. The maximum atomic E-state index is 13.3. The molecule has 0 saturated carbocycles. The van der Waals surface area contributed by atoms with Crippen LogP contribution < -0.4 is 5.73 Å². The number of aryl methyl sites for hydroxylation is 2. The van der Waals surface area contributed by atoms with Crippen molar-refractivity contribution in [2.45, 2.75) is 31.0 Å². The Hall–Kier alpha value is -1.89. The fourth-order valence-corrected chi connectivity index (χ4v) is 3.43. The average molecular weight is 297 g/mol. The number of rotatable bonds is 4. The molecule has 0 aliphatic carbocycles. The number of sulfone groups is 1. The molecule has 0 bridgehead atoms. The Kier molecular flexibility index (Phi) is 3.80. The van der Waals surface area contributed by atoms with E-state index in [1.807, 2.05) is 6.92 Å². The summed E-state index contributed by atoms with van der Waals surface area (Å²) in [6.45, 7) is 4.25. The van der Waals surface area contributed by atoms with Gasteiger partial charge in [-0.2, -0.15) is 5.10 Å². The first-order chi connectivity index (χ1) is 9.31. The zero-order valence-electron chi connectivity index (χ0n) is 11.3. The molecule has 0 saturated heterocycles. The quantitative estimate of drug-likeness (QED) is 0.874. The molecule has 0 fully saturated rings. The number of aromatic nitrogens is 2. The Morgan fingerprint density at radius 2 is 2.00 bits per heavy atom. The van der Waals surface area contributed by atoms with Gasteiger partial charge >= 0.3 is 0 Å². The van der Waals surface area contributed by atoms with E-state index in [-0.39, 0.29) is 16.3 Å². The number of hydrogen-bond acceptors (Lipinski definition) is 4. The van der Waals surface area contributed by atoms with Gasteiger partial charge < -0.3 is 5.73 Å². The predicted octanol–water partition coefficient (Wildman–Crippen LogP) is 1.91. The molecule has 1 aromatic carbocycles. The van der Waals surface area contributed by atoms with Gasteiger partial charge in [0.25, 0.3) is 0 Å². The van der Waals surface area contributed by atoms with E-state index in [1.165, 1.54) is 6.07 Å². The Labute approximate surface area is 117 Å². The predicted molar refractivity (Wildman–Crippen MR) is 74.3 cm³/mol. The molecule has 2 aromatic rings. The minimum absolute atomic E-state index is 0.0868. The lowest BCUT2D eigenvalue weighted by molar-refractivity contribution is 0.582. The summed E-state index contributed by atoms with van der Waals surface area (Å²) in [5, 5.41) is 4.20. The third kappa shape index (κ3) is 2.98. The van der Waals surface area contributed by atoms with Gasteiger partial charge in [-0.05, 0) is 38.1 Å². The summed E-state index contributed by atoms with van der Waals surface area (Å²) >= 11 is 0. The zero-order valence-corrected chi connectivity index (χ0v) is 12.1. The van der Waals surface area contributed by atoms with E-state index in [9.17, 15) is 12.8 Å². The molecule has 5 nitrogen and oxygen atoms in total. The molecule has 0 amide bonds. The van der Waals surface area contributed by atoms with Crippen molar-refractivity contribution in [1.29, 1.82) is 0 Å². The minimum atomic E-state index is -3.66. The van der Waals surface area contributed by atoms with Gasteiger partial charge in [0.05, 0.1) is 22.0 Å². The maximum absolute atomic E-state index is 13.3. The van der Waals surface area contributed by atoms with Gasteiger partial charge in [-0.15, -0.1) is 0 Å². The highest BCUT2D eigenvalue weighted by Gasteiger charge is 2.19. The van der Waals surface area contributed by atoms with Crippen molar-refractivity contribution in [3.8, 4) is 0 Å². The van der Waals surface area contributed by atoms with Crippen molar-refractivity contribution in [2.24, 2.45) is 0 Å². The molecule has 20 heavy (non-hydrogen) atoms. The van der Waals surface area contributed by atoms with E-state index < -0.39 is 15.7 Å². The van der Waals surface area contributed by atoms with E-state index >= 15 is 0 Å². The molecule has 2 rings (SSSR count). The standard InChI is InChI=1S/C13H16FN3O2S/c1-3-17-12(4-9(2)16-17)8-20(18,19)13-6-10(14)5-11(15)7-13/h4-7H,3,8,15H2,1-2H3. The molecule has 7 heteroatoms. The summed E-state index contributed by atoms with van der Waals surface area (Å²) in [5.41, 5.74) is 6.90. The van der Waals surface area contributed by atoms with Crippen LogP contribution in [0, 0.1) is 12.7 Å². The third-order valence-electron chi connectivity index (χ3n) is 2.88. The highest BCUT2D eigenvalue weighted by atomic mass is 32.2. The van der Waals surface area contributed by atoms with Gasteiger partial charge in [-0.3, -0.25) is 4.68 Å². The first-order valence-electron chi connectivity index (χ1n) is 6.14. The molecule has 0 unspecified atom stereocenters. The molecule has 0 spiro atoms. The molecule has 1 aromatic heterocycles. The van der Waals surface area contributed by atoms with Crippen LogP contribution in [0.1, 0.15) is 18.3 Å². The second-order valence-electron chi connectivity index (χ2n) is 4.57. The van der Waals surface area contributed by atoms with Crippen LogP contribution in [0.5, 0.6) is 0 Å². The Balaban J connectivity index is 2.40. The highest BCUT2D eigenvalue weighted by molar-refractivity contribution is 7.90. The summed E-state index contributed by atoms with van der Waals surface area (Å²) in [7, 11) is -3.66. The maximum Gasteiger partial charge on any atom is 0.184 e. The van der Waals surface area contributed by atoms with Crippen LogP contribution in [-0.4, -0.2) is 18.2 Å². The third-order valence-corrected chi connectivity index (χ3v) is 4.51. The van der Waals surface area contributed by atoms with Crippen molar-refractivity contribution in [1.82, 2.24) is 9.78 Å². The molecule has 108 valence electrons. The normalized spacial score (nSPS) is 11.8. The lowest BCUT2D eigenvalue weighted by atomic mass is 10.3. The largest absolute Gasteiger partial charge is 0.399 e. The summed E-state index contributed by atoms with van der Waals surface area (Å²) in [5.74, 6) is -0.895. The van der Waals surface area contributed by atoms with Gasteiger partial charge in [0.2, 0.25) is 0 Å². The molecular weight excluding hydrogens is 281 g/mol. The highest BCUT2D eigenvalue weighted by Crippen LogP contribution is 2.20. The smallest absolute Gasteiger partial charge is 0.184 e. The molecule has 0 aliphatic heterocycles. The molecule has 1 heterocycles. The van der Waals surface area contributed by atoms with Crippen LogP contribution in [0.2, 0.25) is 0 Å². The van der Waals surface area contributed by atoms with Crippen molar-refractivity contribution < 1.29 is 12.8 Å². The molecule has 0 atom stereocenters. The van der Waals surface area contributed by atoms with Crippen LogP contribution in [0.15, 0.2) is 29.2 Å². The second-order valence-corrected chi connectivity index (χ2v) is 6.56. The van der Waals surface area contributed by atoms with Crippen LogP contribution in [-0.2, 0) is 22.1 Å². The van der Waals surface area contributed by atoms with Gasteiger partial charge in [0, 0.05) is 12.2 Å². The van der Waals surface area contributed by atoms with Crippen molar-refractivity contribution in [2.75, 3.05) is 5.73 Å². The van der Waals surface area contributed by atoms with Crippen LogP contribution >= 0.6 is 0 Å². The molecular formula is C13H16FN3O2S. The summed E-state index contributed by atoms with van der Waals surface area (Å²) in [6, 6.07) is 5.03. The van der Waals surface area contributed by atoms with Gasteiger partial charge in [0.15, 0.2) is 9.84 Å². The SMILES string of the molecule is CCn1nc(C)cc1CS(=O)(=O)c1cc(N)cc(F)c1. The number of hydrogen-bond donors (Lipinski definition) is 1. The topological polar surface area (TPSA) is 78.0 Å². The fourth-order valence-electron chi connectivity index (χ4n) is 2.03. The van der Waals surface area contributed by atoms with Crippen molar-refractivity contribution in [3.63, 3.8) is 0 Å². The van der Waals surface area contributed by atoms with Gasteiger partial charge in [-0.1, -0.05) is 0 Å². The summed E-state index contributed by atoms with van der Waals surface area (Å²) in [4.78, 5) is -0.114. The van der Waals surface area contributed by atoms with Crippen molar-refractivity contribution in [3.05, 3.63) is 41.5 Å². The van der Waals surface area contributed by atoms with E-state index in [0.29, 0.717) is 12.2 Å². The van der Waals surface area contributed by atoms with E-state index in [0.717, 1.165) is 17.8 Å². The lowest BCUT2D eigenvalue weighted by Crippen LogP contribution is -2.11. The van der Waals surface area contributed by atoms with Crippen molar-refractivity contribution >= 4 is 15.5 Å². The minimum Gasteiger partial charge on any atom is -0.399 e. The fraction of sp³-hybridized carbons (Fsp3) is 0.308. The lowest BCUT2D eigenvalue weighted by Gasteiger charge is -2.07. The first-order valence-corrected chi connectivity index (χ1v) is 7.79. The zero-order chi connectivity index (χ0) is 14.9. The van der Waals surface area contributed by atoms with Crippen LogP contribution in [0.25, 0.3) is 0 Å². The number of nitrogen functional groups attached to an aromatic ring is 1. The van der Waals surface area contributed by atoms with Gasteiger partial charge in [0.1, 0.15) is 5.82 Å². The molecule has 2 N–H and O–H groups in total. The number of anilines is 1. The molecule has 0 aliphatic rings. The van der Waals surface area contributed by atoms with Crippen LogP contribution in [0.4, 0.5) is 10.1 Å². The number of nitrogens with two attached hydrogens (primary N) is 1. The van der Waals surface area contributed by atoms with Crippen LogP contribution in [0.3, 0.4) is 0 Å². The van der Waals surface area contributed by atoms with E-state index in [2.05, 4.69) is 5.10 Å². The van der Waals surface area contributed by atoms with E-state index in [4.69, 9.17) is 5.73 Å². The Morgan fingerprint density at radius 1 is 1.30 bits per heavy atom. The number of benzene rings is 1. The number of halogens is 1. The Bertz CT molecular complexity index is 718. The first kappa shape index (κ1) is 14.5. The monoisotopic (exact) mass is 297 g/mol. The second kappa shape index (κ2) is 5.24.